The van der Waals surface area contributed by atoms with E-state index >= 15 is 0 Å². The summed E-state index contributed by atoms with van der Waals surface area (Å²) >= 11 is 0. The Morgan fingerprint density at radius 3 is 1.30 bits per heavy atom. The average molecular weight is 525 g/mol. The zero-order chi connectivity index (χ0) is 26.9. The average Bonchev–Trinajstić information content (AvgIpc) is 2.91. The van der Waals surface area contributed by atoms with E-state index in [-0.39, 0.29) is 12.9 Å². The van der Waals surface area contributed by atoms with Crippen molar-refractivity contribution in [2.24, 2.45) is 0 Å². The number of unbranched alkanes of at least 4 members (excludes halogenated alkanes) is 21. The smallest absolute Gasteiger partial charge is 0.157 e. The van der Waals surface area contributed by atoms with Gasteiger partial charge in [-0.2, -0.15) is 0 Å². The molecule has 3 nitrogen and oxygen atoms in total. The molecule has 3 heteroatoms. The highest BCUT2D eigenvalue weighted by Gasteiger charge is 2.09. The normalized spacial score (nSPS) is 11.9. The summed E-state index contributed by atoms with van der Waals surface area (Å²) in [7, 11) is 0. The van der Waals surface area contributed by atoms with Crippen LogP contribution in [0.2, 0.25) is 0 Å². The molecule has 0 aromatic carbocycles. The van der Waals surface area contributed by atoms with Gasteiger partial charge in [-0.05, 0) is 44.9 Å². The van der Waals surface area contributed by atoms with Crippen molar-refractivity contribution < 1.29 is 14.6 Å². The molecule has 0 saturated heterocycles. The number of aliphatic hydroxyl groups excluding tert-OH is 1. The molecule has 0 aliphatic carbocycles. The molecule has 0 heterocycles. The quantitative estimate of drug-likeness (QED) is 0.0540. The molecule has 0 atom stereocenters. The molecular formula is C34H68O3. The van der Waals surface area contributed by atoms with Gasteiger partial charge in [0.05, 0.1) is 0 Å². The standard InChI is InChI=1S/C34H68O3/c1-3-5-7-9-11-20-24-28-32-36-34(37-33-29-25-21-12-10-8-6-4-2)30-26-22-18-16-14-13-15-17-19-23-27-31-35/h19,23,34-35H,3-18,20-22,24-33H2,1-2H3/b23-19+. The summed E-state index contributed by atoms with van der Waals surface area (Å²) in [5.74, 6) is 0. The molecule has 0 rings (SSSR count). The van der Waals surface area contributed by atoms with Crippen LogP contribution in [-0.2, 0) is 9.47 Å². The monoisotopic (exact) mass is 525 g/mol. The number of hydrogen-bond acceptors (Lipinski definition) is 3. The Bertz CT molecular complexity index is 401. The van der Waals surface area contributed by atoms with Gasteiger partial charge in [0.2, 0.25) is 0 Å². The van der Waals surface area contributed by atoms with Crippen LogP contribution in [-0.4, -0.2) is 31.2 Å². The molecule has 0 amide bonds. The Morgan fingerprint density at radius 2 is 0.838 bits per heavy atom. The first-order valence-corrected chi connectivity index (χ1v) is 16.8. The van der Waals surface area contributed by atoms with Gasteiger partial charge in [-0.15, -0.1) is 0 Å². The van der Waals surface area contributed by atoms with Gasteiger partial charge < -0.3 is 14.6 Å². The molecule has 0 aromatic rings. The SMILES string of the molecule is CCCCCCCCCCOC(CCCCCCCCC/C=C/CCO)OCCCCCCCCCC. The van der Waals surface area contributed by atoms with Crippen molar-refractivity contribution in [3.8, 4) is 0 Å². The third-order valence-electron chi connectivity index (χ3n) is 7.38. The minimum absolute atomic E-state index is 0.0137. The lowest BCUT2D eigenvalue weighted by atomic mass is 10.1. The van der Waals surface area contributed by atoms with Crippen LogP contribution in [0, 0.1) is 0 Å². The van der Waals surface area contributed by atoms with Crippen molar-refractivity contribution in [2.45, 2.75) is 187 Å². The summed E-state index contributed by atoms with van der Waals surface area (Å²) in [6.07, 6.45) is 38.0. The minimum atomic E-state index is 0.0137. The molecule has 0 unspecified atom stereocenters. The van der Waals surface area contributed by atoms with Crippen molar-refractivity contribution in [3.63, 3.8) is 0 Å². The zero-order valence-electron chi connectivity index (χ0n) is 25.5. The summed E-state index contributed by atoms with van der Waals surface area (Å²) in [6, 6.07) is 0. The van der Waals surface area contributed by atoms with Gasteiger partial charge in [-0.3, -0.25) is 0 Å². The van der Waals surface area contributed by atoms with Gasteiger partial charge in [-0.1, -0.05) is 148 Å². The van der Waals surface area contributed by atoms with Crippen molar-refractivity contribution >= 4 is 0 Å². The van der Waals surface area contributed by atoms with Crippen molar-refractivity contribution in [1.82, 2.24) is 0 Å². The van der Waals surface area contributed by atoms with Crippen molar-refractivity contribution in [3.05, 3.63) is 12.2 Å². The van der Waals surface area contributed by atoms with Gasteiger partial charge in [0, 0.05) is 19.8 Å². The van der Waals surface area contributed by atoms with E-state index in [2.05, 4.69) is 26.0 Å². The zero-order valence-corrected chi connectivity index (χ0v) is 25.5. The van der Waals surface area contributed by atoms with Gasteiger partial charge in [0.1, 0.15) is 0 Å². The van der Waals surface area contributed by atoms with Crippen LogP contribution < -0.4 is 0 Å². The Morgan fingerprint density at radius 1 is 0.459 bits per heavy atom. The first kappa shape index (κ1) is 36.6. The van der Waals surface area contributed by atoms with E-state index in [4.69, 9.17) is 14.6 Å². The fraction of sp³-hybridized carbons (Fsp3) is 0.941. The number of ether oxygens (including phenoxy) is 2. The molecule has 0 aromatic heterocycles. The lowest BCUT2D eigenvalue weighted by Crippen LogP contribution is -2.19. The highest BCUT2D eigenvalue weighted by Crippen LogP contribution is 2.15. The Labute approximate surface area is 233 Å². The third-order valence-corrected chi connectivity index (χ3v) is 7.38. The van der Waals surface area contributed by atoms with Gasteiger partial charge >= 0.3 is 0 Å². The van der Waals surface area contributed by atoms with E-state index in [0.717, 1.165) is 32.5 Å². The van der Waals surface area contributed by atoms with Crippen LogP contribution >= 0.6 is 0 Å². The lowest BCUT2D eigenvalue weighted by Gasteiger charge is -2.19. The summed E-state index contributed by atoms with van der Waals surface area (Å²) < 4.78 is 12.4. The summed E-state index contributed by atoms with van der Waals surface area (Å²) in [4.78, 5) is 0. The Balaban J connectivity index is 3.88. The van der Waals surface area contributed by atoms with Crippen LogP contribution in [0.15, 0.2) is 12.2 Å². The topological polar surface area (TPSA) is 38.7 Å². The van der Waals surface area contributed by atoms with Crippen molar-refractivity contribution in [2.75, 3.05) is 19.8 Å². The highest BCUT2D eigenvalue weighted by molar-refractivity contribution is 4.80. The van der Waals surface area contributed by atoms with E-state index in [1.54, 1.807) is 0 Å². The second kappa shape index (κ2) is 33.6. The highest BCUT2D eigenvalue weighted by atomic mass is 16.7. The first-order chi connectivity index (χ1) is 18.3. The predicted octanol–water partition coefficient (Wildman–Crippen LogP) is 11.1. The molecule has 0 aliphatic rings. The van der Waals surface area contributed by atoms with Crippen LogP contribution in [0.5, 0.6) is 0 Å². The fourth-order valence-corrected chi connectivity index (χ4v) is 4.88. The third kappa shape index (κ3) is 31.7. The molecule has 0 aliphatic heterocycles. The summed E-state index contributed by atoms with van der Waals surface area (Å²) in [5.41, 5.74) is 0. The summed E-state index contributed by atoms with van der Waals surface area (Å²) in [5, 5.41) is 8.79. The van der Waals surface area contributed by atoms with E-state index in [9.17, 15) is 0 Å². The number of aliphatic hydroxyl groups is 1. The maximum atomic E-state index is 8.79. The molecule has 0 spiro atoms. The van der Waals surface area contributed by atoms with E-state index in [0.29, 0.717) is 0 Å². The molecule has 222 valence electrons. The second-order valence-electron chi connectivity index (χ2n) is 11.2. The molecule has 0 bridgehead atoms. The van der Waals surface area contributed by atoms with Gasteiger partial charge in [-0.25, -0.2) is 0 Å². The molecular weight excluding hydrogens is 456 g/mol. The minimum Gasteiger partial charge on any atom is -0.396 e. The molecule has 0 fully saturated rings. The van der Waals surface area contributed by atoms with E-state index in [1.807, 2.05) is 0 Å². The Kier molecular flexibility index (Phi) is 33.3. The number of rotatable bonds is 32. The maximum absolute atomic E-state index is 8.79. The fourth-order valence-electron chi connectivity index (χ4n) is 4.88. The maximum Gasteiger partial charge on any atom is 0.157 e. The van der Waals surface area contributed by atoms with Crippen molar-refractivity contribution in [1.29, 1.82) is 0 Å². The second-order valence-corrected chi connectivity index (χ2v) is 11.2. The first-order valence-electron chi connectivity index (χ1n) is 16.8. The summed E-state index contributed by atoms with van der Waals surface area (Å²) in [6.45, 7) is 6.57. The van der Waals surface area contributed by atoms with Gasteiger partial charge in [0.15, 0.2) is 6.29 Å². The molecule has 37 heavy (non-hydrogen) atoms. The lowest BCUT2D eigenvalue weighted by molar-refractivity contribution is -0.148. The van der Waals surface area contributed by atoms with E-state index < -0.39 is 0 Å². The largest absolute Gasteiger partial charge is 0.396 e. The predicted molar refractivity (Wildman–Crippen MR) is 163 cm³/mol. The van der Waals surface area contributed by atoms with Crippen LogP contribution in [0.3, 0.4) is 0 Å². The number of allylic oxidation sites excluding steroid dienone is 1. The van der Waals surface area contributed by atoms with Crippen LogP contribution in [0.4, 0.5) is 0 Å². The number of hydrogen-bond donors (Lipinski definition) is 1. The van der Waals surface area contributed by atoms with Crippen LogP contribution in [0.1, 0.15) is 181 Å². The molecule has 1 N–H and O–H groups in total. The molecule has 0 saturated carbocycles. The molecule has 0 radical (unpaired) electrons. The van der Waals surface area contributed by atoms with Crippen LogP contribution in [0.25, 0.3) is 0 Å². The van der Waals surface area contributed by atoms with Gasteiger partial charge in [0.25, 0.3) is 0 Å². The Hall–Kier alpha value is -0.380. The van der Waals surface area contributed by atoms with E-state index in [1.165, 1.54) is 148 Å².